The number of aromatic nitrogens is 2. The van der Waals surface area contributed by atoms with Crippen LogP contribution in [0.25, 0.3) is 10.9 Å². The van der Waals surface area contributed by atoms with Gasteiger partial charge in [0.05, 0.1) is 5.52 Å². The highest BCUT2D eigenvalue weighted by atomic mass is 14.9. The number of nitrogens with zero attached hydrogens (tertiary/aromatic N) is 2. The molecule has 0 aliphatic carbocycles. The lowest BCUT2D eigenvalue weighted by molar-refractivity contribution is 0.980. The Kier molecular flexibility index (Phi) is 2.58. The Balaban J connectivity index is 2.32. The molecule has 72 valence electrons. The zero-order chi connectivity index (χ0) is 9.80. The van der Waals surface area contributed by atoms with Crippen LogP contribution in [0.5, 0.6) is 0 Å². The predicted octanol–water partition coefficient (Wildman–Crippen LogP) is 2.45. The highest BCUT2D eigenvalue weighted by Gasteiger charge is 1.95. The van der Waals surface area contributed by atoms with E-state index in [1.54, 1.807) is 6.33 Å². The number of hydrogen-bond donors (Lipinski definition) is 1. The zero-order valence-corrected chi connectivity index (χ0v) is 8.20. The molecule has 2 rings (SSSR count). The highest BCUT2D eigenvalue weighted by molar-refractivity contribution is 5.81. The first-order chi connectivity index (χ1) is 6.90. The first-order valence-electron chi connectivity index (χ1n) is 4.84. The molecule has 3 heteroatoms. The number of fused-ring (bicyclic) bond motifs is 1. The van der Waals surface area contributed by atoms with Crippen LogP contribution in [0.2, 0.25) is 0 Å². The van der Waals surface area contributed by atoms with Crippen LogP contribution >= 0.6 is 0 Å². The molecule has 0 radical (unpaired) electrons. The number of rotatable bonds is 3. The van der Waals surface area contributed by atoms with Gasteiger partial charge in [-0.2, -0.15) is 0 Å². The first kappa shape index (κ1) is 8.94. The molecule has 0 saturated carbocycles. The largest absolute Gasteiger partial charge is 0.385 e. The topological polar surface area (TPSA) is 37.8 Å². The van der Waals surface area contributed by atoms with Crippen molar-refractivity contribution >= 4 is 16.6 Å². The van der Waals surface area contributed by atoms with E-state index in [4.69, 9.17) is 0 Å². The molecule has 14 heavy (non-hydrogen) atoms. The molecular weight excluding hydrogens is 174 g/mol. The van der Waals surface area contributed by atoms with E-state index in [9.17, 15) is 0 Å². The molecule has 0 atom stereocenters. The van der Waals surface area contributed by atoms with Gasteiger partial charge < -0.3 is 5.32 Å². The lowest BCUT2D eigenvalue weighted by Gasteiger charge is -2.04. The number of nitrogens with one attached hydrogen (secondary N) is 1. The van der Waals surface area contributed by atoms with E-state index in [0.717, 1.165) is 29.6 Å². The van der Waals surface area contributed by atoms with E-state index in [2.05, 4.69) is 28.3 Å². The summed E-state index contributed by atoms with van der Waals surface area (Å²) in [5.41, 5.74) is 2.11. The van der Waals surface area contributed by atoms with Gasteiger partial charge in [-0.05, 0) is 24.6 Å². The van der Waals surface area contributed by atoms with E-state index in [0.29, 0.717) is 0 Å². The average Bonchev–Trinajstić information content (AvgIpc) is 2.26. The molecule has 2 aromatic rings. The summed E-state index contributed by atoms with van der Waals surface area (Å²) < 4.78 is 0. The van der Waals surface area contributed by atoms with Gasteiger partial charge in [0, 0.05) is 23.8 Å². The first-order valence-corrected chi connectivity index (χ1v) is 4.84. The minimum atomic E-state index is 0.987. The SMILES string of the molecule is CCCNc1ccc2cncnc2c1. The molecule has 3 nitrogen and oxygen atoms in total. The summed E-state index contributed by atoms with van der Waals surface area (Å²) in [6, 6.07) is 6.14. The summed E-state index contributed by atoms with van der Waals surface area (Å²) in [6.45, 7) is 3.15. The van der Waals surface area contributed by atoms with E-state index < -0.39 is 0 Å². The monoisotopic (exact) mass is 187 g/mol. The third-order valence-electron chi connectivity index (χ3n) is 2.09. The van der Waals surface area contributed by atoms with Crippen LogP contribution < -0.4 is 5.32 Å². The molecule has 0 unspecified atom stereocenters. The van der Waals surface area contributed by atoms with Crippen molar-refractivity contribution in [1.82, 2.24) is 9.97 Å². The van der Waals surface area contributed by atoms with Gasteiger partial charge in [0.15, 0.2) is 0 Å². The fraction of sp³-hybridized carbons (Fsp3) is 0.273. The molecule has 0 aliphatic rings. The molecule has 0 aliphatic heterocycles. The van der Waals surface area contributed by atoms with Crippen LogP contribution in [-0.4, -0.2) is 16.5 Å². The molecule has 1 aromatic carbocycles. The Labute approximate surface area is 83.2 Å². The van der Waals surface area contributed by atoms with Crippen molar-refractivity contribution in [2.75, 3.05) is 11.9 Å². The summed E-state index contributed by atoms with van der Waals surface area (Å²) in [5.74, 6) is 0. The molecule has 0 saturated heterocycles. The lowest BCUT2D eigenvalue weighted by Crippen LogP contribution is -1.99. The third-order valence-corrected chi connectivity index (χ3v) is 2.09. The van der Waals surface area contributed by atoms with Crippen molar-refractivity contribution in [1.29, 1.82) is 0 Å². The maximum Gasteiger partial charge on any atom is 0.116 e. The van der Waals surface area contributed by atoms with E-state index in [-0.39, 0.29) is 0 Å². The van der Waals surface area contributed by atoms with Crippen molar-refractivity contribution in [2.24, 2.45) is 0 Å². The Morgan fingerprint density at radius 2 is 2.29 bits per heavy atom. The van der Waals surface area contributed by atoms with Crippen molar-refractivity contribution in [3.63, 3.8) is 0 Å². The second kappa shape index (κ2) is 4.05. The van der Waals surface area contributed by atoms with Crippen LogP contribution in [-0.2, 0) is 0 Å². The number of anilines is 1. The molecular formula is C11H13N3. The summed E-state index contributed by atoms with van der Waals surface area (Å²) in [7, 11) is 0. The third kappa shape index (κ3) is 1.82. The molecule has 0 fully saturated rings. The predicted molar refractivity (Wildman–Crippen MR) is 58.3 cm³/mol. The Morgan fingerprint density at radius 1 is 1.36 bits per heavy atom. The van der Waals surface area contributed by atoms with Crippen molar-refractivity contribution < 1.29 is 0 Å². The minimum Gasteiger partial charge on any atom is -0.385 e. The molecule has 1 heterocycles. The smallest absolute Gasteiger partial charge is 0.116 e. The van der Waals surface area contributed by atoms with Crippen LogP contribution in [0.3, 0.4) is 0 Å². The highest BCUT2D eigenvalue weighted by Crippen LogP contribution is 2.15. The fourth-order valence-electron chi connectivity index (χ4n) is 1.35. The van der Waals surface area contributed by atoms with Gasteiger partial charge in [-0.15, -0.1) is 0 Å². The molecule has 0 spiro atoms. The minimum absolute atomic E-state index is 0.987. The lowest BCUT2D eigenvalue weighted by atomic mass is 10.2. The van der Waals surface area contributed by atoms with Crippen LogP contribution in [0.4, 0.5) is 5.69 Å². The van der Waals surface area contributed by atoms with Gasteiger partial charge in [0.25, 0.3) is 0 Å². The fourth-order valence-corrected chi connectivity index (χ4v) is 1.35. The Bertz CT molecular complexity index is 426. The van der Waals surface area contributed by atoms with E-state index in [1.807, 2.05) is 18.3 Å². The van der Waals surface area contributed by atoms with Crippen LogP contribution in [0, 0.1) is 0 Å². The molecule has 0 amide bonds. The Morgan fingerprint density at radius 3 is 3.14 bits per heavy atom. The van der Waals surface area contributed by atoms with E-state index in [1.165, 1.54) is 0 Å². The second-order valence-corrected chi connectivity index (χ2v) is 3.22. The molecule has 0 bridgehead atoms. The van der Waals surface area contributed by atoms with Gasteiger partial charge in [0.1, 0.15) is 6.33 Å². The van der Waals surface area contributed by atoms with Crippen molar-refractivity contribution in [3.05, 3.63) is 30.7 Å². The van der Waals surface area contributed by atoms with E-state index >= 15 is 0 Å². The Hall–Kier alpha value is -1.64. The maximum absolute atomic E-state index is 4.20. The average molecular weight is 187 g/mol. The molecule has 1 N–H and O–H groups in total. The standard InChI is InChI=1S/C11H13N3/c1-2-5-13-10-4-3-9-7-12-8-14-11(9)6-10/h3-4,6-8,13H,2,5H2,1H3. The summed E-state index contributed by atoms with van der Waals surface area (Å²) >= 11 is 0. The number of benzene rings is 1. The van der Waals surface area contributed by atoms with Crippen molar-refractivity contribution in [2.45, 2.75) is 13.3 Å². The van der Waals surface area contributed by atoms with Gasteiger partial charge in [-0.25, -0.2) is 9.97 Å². The summed E-state index contributed by atoms with van der Waals surface area (Å²) in [5, 5.41) is 4.40. The summed E-state index contributed by atoms with van der Waals surface area (Å²) in [6.07, 6.45) is 4.53. The number of hydrogen-bond acceptors (Lipinski definition) is 3. The summed E-state index contributed by atoms with van der Waals surface area (Å²) in [4.78, 5) is 8.17. The molecule has 1 aromatic heterocycles. The normalized spacial score (nSPS) is 10.4. The second-order valence-electron chi connectivity index (χ2n) is 3.22. The van der Waals surface area contributed by atoms with Gasteiger partial charge in [0.2, 0.25) is 0 Å². The van der Waals surface area contributed by atoms with Gasteiger partial charge in [-0.1, -0.05) is 6.92 Å². The van der Waals surface area contributed by atoms with Gasteiger partial charge >= 0.3 is 0 Å². The van der Waals surface area contributed by atoms with Crippen LogP contribution in [0.1, 0.15) is 13.3 Å². The van der Waals surface area contributed by atoms with Gasteiger partial charge in [-0.3, -0.25) is 0 Å². The zero-order valence-electron chi connectivity index (χ0n) is 8.20. The van der Waals surface area contributed by atoms with Crippen LogP contribution in [0.15, 0.2) is 30.7 Å². The maximum atomic E-state index is 4.20. The van der Waals surface area contributed by atoms with Crippen molar-refractivity contribution in [3.8, 4) is 0 Å². The quantitative estimate of drug-likeness (QED) is 0.802.